The van der Waals surface area contributed by atoms with E-state index in [1.807, 2.05) is 60.7 Å². The van der Waals surface area contributed by atoms with Gasteiger partial charge >= 0.3 is 0 Å². The van der Waals surface area contributed by atoms with Crippen molar-refractivity contribution in [3.05, 3.63) is 78.9 Å². The Kier molecular flexibility index (Phi) is 3.30. The van der Waals surface area contributed by atoms with Crippen LogP contribution in [0.3, 0.4) is 0 Å². The SMILES string of the molecule is c1ccc2nc(-c3nc4cc(-c5nc6ccccc6o5)ccc4s3)ccc2c1. The highest BCUT2D eigenvalue weighted by Crippen LogP contribution is 2.33. The van der Waals surface area contributed by atoms with Gasteiger partial charge in [0.15, 0.2) is 5.58 Å². The van der Waals surface area contributed by atoms with Crippen LogP contribution in [0.4, 0.5) is 0 Å². The molecule has 0 spiro atoms. The van der Waals surface area contributed by atoms with Crippen molar-refractivity contribution in [1.82, 2.24) is 15.0 Å². The number of thiazole rings is 1. The third kappa shape index (κ3) is 2.48. The summed E-state index contributed by atoms with van der Waals surface area (Å²) in [7, 11) is 0. The highest BCUT2D eigenvalue weighted by Gasteiger charge is 2.12. The molecule has 6 rings (SSSR count). The molecule has 3 heterocycles. The first-order chi connectivity index (χ1) is 13.8. The van der Waals surface area contributed by atoms with Crippen molar-refractivity contribution >= 4 is 43.6 Å². The molecule has 6 aromatic rings. The lowest BCUT2D eigenvalue weighted by atomic mass is 10.2. The average Bonchev–Trinajstić information content (AvgIpc) is 3.37. The molecule has 3 aromatic heterocycles. The lowest BCUT2D eigenvalue weighted by Crippen LogP contribution is -1.84. The Morgan fingerprint density at radius 2 is 1.54 bits per heavy atom. The molecule has 28 heavy (non-hydrogen) atoms. The third-order valence-electron chi connectivity index (χ3n) is 4.75. The van der Waals surface area contributed by atoms with E-state index in [1.54, 1.807) is 11.3 Å². The summed E-state index contributed by atoms with van der Waals surface area (Å²) in [6, 6.07) is 26.2. The smallest absolute Gasteiger partial charge is 0.227 e. The molecule has 5 heteroatoms. The van der Waals surface area contributed by atoms with E-state index < -0.39 is 0 Å². The number of pyridine rings is 1. The number of nitrogens with zero attached hydrogens (tertiary/aromatic N) is 3. The molecule has 0 aliphatic heterocycles. The number of para-hydroxylation sites is 3. The molecule has 0 unspecified atom stereocenters. The van der Waals surface area contributed by atoms with E-state index in [1.165, 1.54) is 0 Å². The predicted molar refractivity (Wildman–Crippen MR) is 113 cm³/mol. The summed E-state index contributed by atoms with van der Waals surface area (Å²) in [6.45, 7) is 0. The maximum absolute atomic E-state index is 5.89. The van der Waals surface area contributed by atoms with Crippen LogP contribution < -0.4 is 0 Å². The van der Waals surface area contributed by atoms with Gasteiger partial charge in [-0.1, -0.05) is 36.4 Å². The molecule has 0 saturated carbocycles. The lowest BCUT2D eigenvalue weighted by molar-refractivity contribution is 0.620. The molecular formula is C23H13N3OS. The number of oxazole rings is 1. The van der Waals surface area contributed by atoms with E-state index in [-0.39, 0.29) is 0 Å². The summed E-state index contributed by atoms with van der Waals surface area (Å²) in [4.78, 5) is 14.2. The van der Waals surface area contributed by atoms with E-state index >= 15 is 0 Å². The molecule has 0 radical (unpaired) electrons. The number of fused-ring (bicyclic) bond motifs is 3. The molecule has 0 saturated heterocycles. The molecule has 132 valence electrons. The van der Waals surface area contributed by atoms with Crippen molar-refractivity contribution in [3.63, 3.8) is 0 Å². The third-order valence-corrected chi connectivity index (χ3v) is 5.80. The molecule has 0 atom stereocenters. The summed E-state index contributed by atoms with van der Waals surface area (Å²) in [5, 5.41) is 2.04. The number of hydrogen-bond donors (Lipinski definition) is 0. The molecule has 4 nitrogen and oxygen atoms in total. The van der Waals surface area contributed by atoms with Crippen molar-refractivity contribution < 1.29 is 4.42 Å². The topological polar surface area (TPSA) is 51.8 Å². The zero-order valence-corrected chi connectivity index (χ0v) is 15.5. The monoisotopic (exact) mass is 379 g/mol. The minimum atomic E-state index is 0.612. The van der Waals surface area contributed by atoms with Crippen LogP contribution in [0.2, 0.25) is 0 Å². The Hall–Kier alpha value is -3.57. The highest BCUT2D eigenvalue weighted by molar-refractivity contribution is 7.21. The van der Waals surface area contributed by atoms with Gasteiger partial charge in [0.2, 0.25) is 5.89 Å². The van der Waals surface area contributed by atoms with E-state index in [4.69, 9.17) is 14.4 Å². The van der Waals surface area contributed by atoms with Crippen LogP contribution >= 0.6 is 11.3 Å². The van der Waals surface area contributed by atoms with Gasteiger partial charge in [-0.3, -0.25) is 0 Å². The number of rotatable bonds is 2. The summed E-state index contributed by atoms with van der Waals surface area (Å²) < 4.78 is 7.01. The summed E-state index contributed by atoms with van der Waals surface area (Å²) >= 11 is 1.64. The van der Waals surface area contributed by atoms with Crippen LogP contribution in [0.15, 0.2) is 83.3 Å². The molecule has 0 aliphatic carbocycles. The molecule has 0 aliphatic rings. The van der Waals surface area contributed by atoms with Crippen molar-refractivity contribution in [2.75, 3.05) is 0 Å². The summed E-state index contributed by atoms with van der Waals surface area (Å²) in [5.41, 5.74) is 5.37. The van der Waals surface area contributed by atoms with E-state index in [2.05, 4.69) is 23.2 Å². The minimum absolute atomic E-state index is 0.612. The Morgan fingerprint density at radius 1 is 0.679 bits per heavy atom. The number of aromatic nitrogens is 3. The first kappa shape index (κ1) is 15.5. The maximum Gasteiger partial charge on any atom is 0.227 e. The predicted octanol–water partition coefficient (Wildman–Crippen LogP) is 6.32. The minimum Gasteiger partial charge on any atom is -0.436 e. The Labute approximate surface area is 164 Å². The largest absolute Gasteiger partial charge is 0.436 e. The van der Waals surface area contributed by atoms with Crippen molar-refractivity contribution in [2.24, 2.45) is 0 Å². The van der Waals surface area contributed by atoms with Gasteiger partial charge in [0, 0.05) is 10.9 Å². The molecule has 0 fully saturated rings. The van der Waals surface area contributed by atoms with Gasteiger partial charge in [0.05, 0.1) is 21.4 Å². The van der Waals surface area contributed by atoms with Crippen molar-refractivity contribution in [3.8, 4) is 22.2 Å². The summed E-state index contributed by atoms with van der Waals surface area (Å²) in [5.74, 6) is 0.612. The first-order valence-electron chi connectivity index (χ1n) is 8.96. The molecule has 0 amide bonds. The molecule has 3 aromatic carbocycles. The van der Waals surface area contributed by atoms with Gasteiger partial charge in [-0.25, -0.2) is 15.0 Å². The van der Waals surface area contributed by atoms with Crippen LogP contribution in [0.5, 0.6) is 0 Å². The van der Waals surface area contributed by atoms with E-state index in [0.29, 0.717) is 5.89 Å². The zero-order valence-electron chi connectivity index (χ0n) is 14.7. The van der Waals surface area contributed by atoms with E-state index in [0.717, 1.165) is 48.5 Å². The Bertz CT molecular complexity index is 1450. The lowest BCUT2D eigenvalue weighted by Gasteiger charge is -1.99. The molecule has 0 N–H and O–H groups in total. The number of hydrogen-bond acceptors (Lipinski definition) is 5. The zero-order chi connectivity index (χ0) is 18.5. The Balaban J connectivity index is 1.45. The van der Waals surface area contributed by atoms with Crippen molar-refractivity contribution in [1.29, 1.82) is 0 Å². The maximum atomic E-state index is 5.89. The van der Waals surface area contributed by atoms with Crippen LogP contribution in [-0.2, 0) is 0 Å². The van der Waals surface area contributed by atoms with Gasteiger partial charge in [0.1, 0.15) is 10.5 Å². The second kappa shape index (κ2) is 5.97. The first-order valence-corrected chi connectivity index (χ1v) is 9.78. The quantitative estimate of drug-likeness (QED) is 0.353. The molecule has 0 bridgehead atoms. The normalized spacial score (nSPS) is 11.6. The van der Waals surface area contributed by atoms with Gasteiger partial charge in [-0.05, 0) is 42.5 Å². The van der Waals surface area contributed by atoms with E-state index in [9.17, 15) is 0 Å². The summed E-state index contributed by atoms with van der Waals surface area (Å²) in [6.07, 6.45) is 0. The van der Waals surface area contributed by atoms with Crippen molar-refractivity contribution in [2.45, 2.75) is 0 Å². The fourth-order valence-electron chi connectivity index (χ4n) is 3.35. The highest BCUT2D eigenvalue weighted by atomic mass is 32.1. The fraction of sp³-hybridized carbons (Fsp3) is 0. The van der Waals surface area contributed by atoms with Gasteiger partial charge in [0.25, 0.3) is 0 Å². The molecular weight excluding hydrogens is 366 g/mol. The van der Waals surface area contributed by atoms with Crippen LogP contribution in [-0.4, -0.2) is 15.0 Å². The second-order valence-electron chi connectivity index (χ2n) is 6.58. The fourth-order valence-corrected chi connectivity index (χ4v) is 4.27. The van der Waals surface area contributed by atoms with Crippen LogP contribution in [0.25, 0.3) is 54.4 Å². The average molecular weight is 379 g/mol. The van der Waals surface area contributed by atoms with Crippen LogP contribution in [0, 0.1) is 0 Å². The number of benzene rings is 3. The standard InChI is InChI=1S/C23H13N3OS/c1-2-6-16-14(5-1)9-11-18(24-16)23-26-19-13-15(10-12-21(19)28-23)22-25-17-7-3-4-8-20(17)27-22/h1-13H. The van der Waals surface area contributed by atoms with Gasteiger partial charge in [-0.15, -0.1) is 11.3 Å². The van der Waals surface area contributed by atoms with Gasteiger partial charge < -0.3 is 4.42 Å². The second-order valence-corrected chi connectivity index (χ2v) is 7.61. The van der Waals surface area contributed by atoms with Crippen LogP contribution in [0.1, 0.15) is 0 Å². The van der Waals surface area contributed by atoms with Gasteiger partial charge in [-0.2, -0.15) is 0 Å². The Morgan fingerprint density at radius 3 is 2.46 bits per heavy atom.